The van der Waals surface area contributed by atoms with Crippen molar-refractivity contribution < 1.29 is 13.9 Å². The molecule has 2 heterocycles. The molecule has 0 fully saturated rings. The van der Waals surface area contributed by atoms with E-state index >= 15 is 0 Å². The molecule has 0 radical (unpaired) electrons. The molecular weight excluding hydrogens is 363 g/mol. The second-order valence-electron chi connectivity index (χ2n) is 6.48. The molecule has 0 bridgehead atoms. The third-order valence-corrected chi connectivity index (χ3v) is 5.86. The van der Waals surface area contributed by atoms with Gasteiger partial charge in [0.1, 0.15) is 21.5 Å². The number of nitrogens with zero attached hydrogens (tertiary/aromatic N) is 2. The van der Waals surface area contributed by atoms with Crippen LogP contribution in [0.1, 0.15) is 27.2 Å². The first kappa shape index (κ1) is 17.7. The van der Waals surface area contributed by atoms with Gasteiger partial charge in [0, 0.05) is 12.1 Å². The number of ether oxygens (including phenoxy) is 1. The highest BCUT2D eigenvalue weighted by molar-refractivity contribution is 7.17. The lowest BCUT2D eigenvalue weighted by Crippen LogP contribution is -2.35. The van der Waals surface area contributed by atoms with Gasteiger partial charge in [-0.3, -0.25) is 4.79 Å². The number of aromatic nitrogens is 1. The molecule has 6 heteroatoms. The van der Waals surface area contributed by atoms with Crippen LogP contribution in [0.15, 0.2) is 42.6 Å². The van der Waals surface area contributed by atoms with E-state index in [0.29, 0.717) is 27.7 Å². The fourth-order valence-electron chi connectivity index (χ4n) is 3.49. The lowest BCUT2D eigenvalue weighted by atomic mass is 9.96. The summed E-state index contributed by atoms with van der Waals surface area (Å²) in [5, 5.41) is 0.505. The topological polar surface area (TPSA) is 42.4 Å². The Morgan fingerprint density at radius 1 is 1.26 bits per heavy atom. The summed E-state index contributed by atoms with van der Waals surface area (Å²) in [4.78, 5) is 19.8. The van der Waals surface area contributed by atoms with E-state index in [0.717, 1.165) is 29.7 Å². The first-order valence-corrected chi connectivity index (χ1v) is 9.61. The van der Waals surface area contributed by atoms with E-state index in [1.165, 1.54) is 23.6 Å². The second kappa shape index (κ2) is 7.12. The zero-order valence-electron chi connectivity index (χ0n) is 15.2. The minimum Gasteiger partial charge on any atom is -0.495 e. The number of hydrogen-bond donors (Lipinski definition) is 0. The van der Waals surface area contributed by atoms with Crippen LogP contribution in [0.2, 0.25) is 0 Å². The number of benzene rings is 2. The van der Waals surface area contributed by atoms with E-state index in [4.69, 9.17) is 4.74 Å². The van der Waals surface area contributed by atoms with Crippen LogP contribution in [0.4, 0.5) is 10.1 Å². The summed E-state index contributed by atoms with van der Waals surface area (Å²) in [6.07, 6.45) is 3.35. The van der Waals surface area contributed by atoms with Gasteiger partial charge in [0.25, 0.3) is 5.91 Å². The van der Waals surface area contributed by atoms with Gasteiger partial charge in [0.05, 0.1) is 19.0 Å². The standard InChI is InChI=1S/C21H19FN2O2S/c1-13-9-10-17(26-2)19-14(13)7-5-11-24(19)21(25)18-12-23-20(27-18)15-6-3-4-8-16(15)22/h3-4,6,8-10,12H,5,7,11H2,1-2H3. The molecule has 0 saturated heterocycles. The number of carbonyl (C=O) groups excluding carboxylic acids is 1. The molecule has 4 rings (SSSR count). The fourth-order valence-corrected chi connectivity index (χ4v) is 4.38. The highest BCUT2D eigenvalue weighted by atomic mass is 32.1. The second-order valence-corrected chi connectivity index (χ2v) is 7.51. The third-order valence-electron chi connectivity index (χ3n) is 4.84. The van der Waals surface area contributed by atoms with Gasteiger partial charge >= 0.3 is 0 Å². The van der Waals surface area contributed by atoms with Crippen molar-refractivity contribution >= 4 is 22.9 Å². The highest BCUT2D eigenvalue weighted by Crippen LogP contribution is 2.39. The summed E-state index contributed by atoms with van der Waals surface area (Å²) in [6, 6.07) is 10.4. The van der Waals surface area contributed by atoms with Crippen LogP contribution >= 0.6 is 11.3 Å². The van der Waals surface area contributed by atoms with Gasteiger partial charge < -0.3 is 9.64 Å². The molecule has 1 aromatic heterocycles. The van der Waals surface area contributed by atoms with Gasteiger partial charge in [-0.15, -0.1) is 11.3 Å². The Hall–Kier alpha value is -2.73. The number of thiazole rings is 1. The van der Waals surface area contributed by atoms with Crippen molar-refractivity contribution in [2.75, 3.05) is 18.6 Å². The normalized spacial score (nSPS) is 13.4. The summed E-state index contributed by atoms with van der Waals surface area (Å²) in [6.45, 7) is 2.67. The van der Waals surface area contributed by atoms with Crippen molar-refractivity contribution in [3.63, 3.8) is 0 Å². The molecule has 1 aliphatic rings. The van der Waals surface area contributed by atoms with Crippen LogP contribution in [-0.2, 0) is 6.42 Å². The zero-order valence-corrected chi connectivity index (χ0v) is 16.0. The van der Waals surface area contributed by atoms with Gasteiger partial charge in [-0.25, -0.2) is 9.37 Å². The Labute approximate surface area is 161 Å². The number of halogens is 1. The quantitative estimate of drug-likeness (QED) is 0.650. The predicted octanol–water partition coefficient (Wildman–Crippen LogP) is 4.86. The first-order valence-electron chi connectivity index (χ1n) is 8.79. The van der Waals surface area contributed by atoms with Crippen molar-refractivity contribution in [1.82, 2.24) is 4.98 Å². The number of amides is 1. The monoisotopic (exact) mass is 382 g/mol. The smallest absolute Gasteiger partial charge is 0.270 e. The Balaban J connectivity index is 1.72. The van der Waals surface area contributed by atoms with Gasteiger partial charge in [-0.2, -0.15) is 0 Å². The molecule has 0 unspecified atom stereocenters. The van der Waals surface area contributed by atoms with E-state index in [1.54, 1.807) is 30.2 Å². The van der Waals surface area contributed by atoms with Crippen LogP contribution in [0.3, 0.4) is 0 Å². The van der Waals surface area contributed by atoms with Crippen LogP contribution in [-0.4, -0.2) is 24.5 Å². The van der Waals surface area contributed by atoms with Gasteiger partial charge in [0.15, 0.2) is 0 Å². The maximum Gasteiger partial charge on any atom is 0.270 e. The molecule has 27 heavy (non-hydrogen) atoms. The highest BCUT2D eigenvalue weighted by Gasteiger charge is 2.29. The molecule has 4 nitrogen and oxygen atoms in total. The summed E-state index contributed by atoms with van der Waals surface area (Å²) < 4.78 is 19.6. The lowest BCUT2D eigenvalue weighted by molar-refractivity contribution is 0.0988. The molecule has 138 valence electrons. The van der Waals surface area contributed by atoms with E-state index in [-0.39, 0.29) is 11.7 Å². The van der Waals surface area contributed by atoms with Crippen molar-refractivity contribution in [2.45, 2.75) is 19.8 Å². The number of methoxy groups -OCH3 is 1. The first-order chi connectivity index (χ1) is 13.1. The zero-order chi connectivity index (χ0) is 19.0. The van der Waals surface area contributed by atoms with Crippen molar-refractivity contribution in [1.29, 1.82) is 0 Å². The molecule has 0 saturated carbocycles. The minimum atomic E-state index is -0.341. The molecule has 0 N–H and O–H groups in total. The Kier molecular flexibility index (Phi) is 4.66. The maximum absolute atomic E-state index is 14.0. The molecular formula is C21H19FN2O2S. The number of rotatable bonds is 3. The largest absolute Gasteiger partial charge is 0.495 e. The van der Waals surface area contributed by atoms with Crippen molar-refractivity contribution in [2.24, 2.45) is 0 Å². The van der Waals surface area contributed by atoms with Gasteiger partial charge in [-0.1, -0.05) is 18.2 Å². The summed E-state index contributed by atoms with van der Waals surface area (Å²) in [5.41, 5.74) is 3.55. The third kappa shape index (κ3) is 3.10. The van der Waals surface area contributed by atoms with Crippen LogP contribution in [0, 0.1) is 12.7 Å². The molecule has 0 atom stereocenters. The van der Waals surface area contributed by atoms with Gasteiger partial charge in [-0.05, 0) is 49.1 Å². The van der Waals surface area contributed by atoms with E-state index in [9.17, 15) is 9.18 Å². The summed E-state index contributed by atoms with van der Waals surface area (Å²) >= 11 is 1.21. The van der Waals surface area contributed by atoms with Gasteiger partial charge in [0.2, 0.25) is 0 Å². The van der Waals surface area contributed by atoms with Crippen molar-refractivity contribution in [3.8, 4) is 16.3 Å². The number of aryl methyl sites for hydroxylation is 1. The van der Waals surface area contributed by atoms with Crippen LogP contribution in [0.25, 0.3) is 10.6 Å². The number of carbonyl (C=O) groups is 1. The van der Waals surface area contributed by atoms with Crippen molar-refractivity contribution in [3.05, 3.63) is 64.4 Å². The average Bonchev–Trinajstić information content (AvgIpc) is 3.18. The Bertz CT molecular complexity index is 1020. The Morgan fingerprint density at radius 2 is 2.07 bits per heavy atom. The fraction of sp³-hybridized carbons (Fsp3) is 0.238. The maximum atomic E-state index is 14.0. The average molecular weight is 382 g/mol. The SMILES string of the molecule is COc1ccc(C)c2c1N(C(=O)c1cnc(-c3ccccc3F)s1)CCC2. The number of fused-ring (bicyclic) bond motifs is 1. The summed E-state index contributed by atoms with van der Waals surface area (Å²) in [7, 11) is 1.62. The molecule has 1 amide bonds. The molecule has 0 spiro atoms. The van der Waals surface area contributed by atoms with Crippen LogP contribution < -0.4 is 9.64 Å². The molecule has 0 aliphatic carbocycles. The minimum absolute atomic E-state index is 0.125. The molecule has 1 aliphatic heterocycles. The van der Waals surface area contributed by atoms with E-state index in [2.05, 4.69) is 11.9 Å². The lowest BCUT2D eigenvalue weighted by Gasteiger charge is -2.31. The number of anilines is 1. The molecule has 3 aromatic rings. The summed E-state index contributed by atoms with van der Waals surface area (Å²) in [5.74, 6) is 0.230. The Morgan fingerprint density at radius 3 is 2.85 bits per heavy atom. The molecule has 2 aromatic carbocycles. The van der Waals surface area contributed by atoms with Crippen LogP contribution in [0.5, 0.6) is 5.75 Å². The van der Waals surface area contributed by atoms with E-state index < -0.39 is 0 Å². The predicted molar refractivity (Wildman–Crippen MR) is 105 cm³/mol. The number of hydrogen-bond acceptors (Lipinski definition) is 4. The van der Waals surface area contributed by atoms with E-state index in [1.807, 2.05) is 12.1 Å².